The fourth-order valence-corrected chi connectivity index (χ4v) is 1.13. The van der Waals surface area contributed by atoms with Crippen LogP contribution in [-0.2, 0) is 16.0 Å². The van der Waals surface area contributed by atoms with Gasteiger partial charge in [0.1, 0.15) is 5.82 Å². The molecule has 90 valence electrons. The zero-order valence-corrected chi connectivity index (χ0v) is 9.92. The highest BCUT2D eigenvalue weighted by Crippen LogP contribution is 2.16. The zero-order chi connectivity index (χ0) is 12.6. The number of methoxy groups -OCH3 is 1. The van der Waals surface area contributed by atoms with Gasteiger partial charge in [0.2, 0.25) is 0 Å². The summed E-state index contributed by atoms with van der Waals surface area (Å²) >= 11 is 0. The molecule has 0 aliphatic rings. The van der Waals surface area contributed by atoms with Crippen molar-refractivity contribution in [1.29, 1.82) is 0 Å². The lowest BCUT2D eigenvalue weighted by Gasteiger charge is -2.04. The van der Waals surface area contributed by atoms with Crippen molar-refractivity contribution in [2.45, 2.75) is 26.7 Å². The number of nitrogens with two attached hydrogens (primary N) is 1. The van der Waals surface area contributed by atoms with Gasteiger partial charge in [-0.25, -0.2) is 4.39 Å². The number of carbonyl (C=O) groups excluding carboxylic acids is 1. The first-order valence-electron chi connectivity index (χ1n) is 5.25. The van der Waals surface area contributed by atoms with Crippen LogP contribution in [0.4, 0.5) is 10.1 Å². The van der Waals surface area contributed by atoms with Crippen LogP contribution >= 0.6 is 0 Å². The Bertz CT molecular complexity index is 340. The van der Waals surface area contributed by atoms with Crippen LogP contribution in [0.3, 0.4) is 0 Å². The molecule has 0 aliphatic carbocycles. The highest BCUT2D eigenvalue weighted by molar-refractivity contribution is 5.69. The molecule has 0 radical (unpaired) electrons. The molecule has 2 N–H and O–H groups in total. The Morgan fingerprint density at radius 2 is 2.06 bits per heavy atom. The Hall–Kier alpha value is -1.58. The summed E-state index contributed by atoms with van der Waals surface area (Å²) in [6.07, 6.45) is 0.473. The van der Waals surface area contributed by atoms with Crippen LogP contribution in [0.2, 0.25) is 0 Å². The van der Waals surface area contributed by atoms with Gasteiger partial charge in [-0.1, -0.05) is 26.0 Å². The number of hydrogen-bond donors (Lipinski definition) is 1. The quantitative estimate of drug-likeness (QED) is 0.637. The summed E-state index contributed by atoms with van der Waals surface area (Å²) in [7, 11) is 1.30. The van der Waals surface area contributed by atoms with Gasteiger partial charge in [0.05, 0.1) is 12.8 Å². The number of ether oxygens (including phenoxy) is 1. The van der Waals surface area contributed by atoms with Crippen molar-refractivity contribution in [3.63, 3.8) is 0 Å². The lowest BCUT2D eigenvalue weighted by atomic mass is 10.1. The minimum Gasteiger partial charge on any atom is -0.469 e. The van der Waals surface area contributed by atoms with Crippen LogP contribution in [-0.4, -0.2) is 13.1 Å². The van der Waals surface area contributed by atoms with E-state index in [4.69, 9.17) is 5.73 Å². The maximum atomic E-state index is 13.3. The third kappa shape index (κ3) is 4.29. The minimum absolute atomic E-state index is 0.104. The number of benzene rings is 1. The van der Waals surface area contributed by atoms with Crippen molar-refractivity contribution < 1.29 is 13.9 Å². The van der Waals surface area contributed by atoms with Gasteiger partial charge in [-0.2, -0.15) is 0 Å². The van der Waals surface area contributed by atoms with Gasteiger partial charge in [0.15, 0.2) is 0 Å². The molecule has 1 rings (SSSR count). The summed E-state index contributed by atoms with van der Waals surface area (Å²) in [6, 6.07) is 4.75. The maximum Gasteiger partial charge on any atom is 0.305 e. The van der Waals surface area contributed by atoms with E-state index in [-0.39, 0.29) is 18.1 Å². The molecule has 0 aromatic heterocycles. The minimum atomic E-state index is -0.448. The number of hydrogen-bond acceptors (Lipinski definition) is 3. The largest absolute Gasteiger partial charge is 0.469 e. The molecule has 1 aromatic carbocycles. The summed E-state index contributed by atoms with van der Waals surface area (Å²) in [4.78, 5) is 10.8. The molecule has 0 unspecified atom stereocenters. The van der Waals surface area contributed by atoms with Crippen LogP contribution in [0.15, 0.2) is 18.2 Å². The van der Waals surface area contributed by atoms with E-state index in [2.05, 4.69) is 4.74 Å². The normalized spacial score (nSPS) is 9.00. The van der Waals surface area contributed by atoms with Gasteiger partial charge < -0.3 is 10.5 Å². The molecule has 0 aliphatic heterocycles. The summed E-state index contributed by atoms with van der Waals surface area (Å²) in [5.74, 6) is -0.803. The Morgan fingerprint density at radius 3 is 2.62 bits per heavy atom. The molecule has 0 heterocycles. The molecule has 3 nitrogen and oxygen atoms in total. The fourth-order valence-electron chi connectivity index (χ4n) is 1.13. The molecular formula is C12H18FNO2. The molecule has 1 aromatic rings. The third-order valence-electron chi connectivity index (χ3n) is 1.93. The van der Waals surface area contributed by atoms with E-state index in [1.54, 1.807) is 12.1 Å². The van der Waals surface area contributed by atoms with Crippen LogP contribution in [0.25, 0.3) is 0 Å². The van der Waals surface area contributed by atoms with Gasteiger partial charge in [0, 0.05) is 6.42 Å². The van der Waals surface area contributed by atoms with Crippen molar-refractivity contribution in [2.75, 3.05) is 12.8 Å². The second-order valence-corrected chi connectivity index (χ2v) is 2.90. The lowest BCUT2D eigenvalue weighted by Crippen LogP contribution is -2.04. The van der Waals surface area contributed by atoms with E-state index < -0.39 is 5.82 Å². The number of halogens is 1. The predicted octanol–water partition coefficient (Wildman–Crippen LogP) is 2.54. The summed E-state index contributed by atoms with van der Waals surface area (Å²) in [6.45, 7) is 4.00. The van der Waals surface area contributed by atoms with Crippen molar-refractivity contribution in [1.82, 2.24) is 0 Å². The molecule has 0 spiro atoms. The SMILES string of the molecule is CC.COC(=O)CCc1cccc(N)c1F. The molecule has 0 amide bonds. The fraction of sp³-hybridized carbons (Fsp3) is 0.417. The van der Waals surface area contributed by atoms with Gasteiger partial charge in [0.25, 0.3) is 0 Å². The second kappa shape index (κ2) is 7.68. The lowest BCUT2D eigenvalue weighted by molar-refractivity contribution is -0.140. The van der Waals surface area contributed by atoms with Crippen molar-refractivity contribution in [3.05, 3.63) is 29.6 Å². The van der Waals surface area contributed by atoms with E-state index >= 15 is 0 Å². The van der Waals surface area contributed by atoms with E-state index in [0.717, 1.165) is 0 Å². The van der Waals surface area contributed by atoms with Crippen LogP contribution < -0.4 is 5.73 Å². The van der Waals surface area contributed by atoms with Crippen molar-refractivity contribution in [3.8, 4) is 0 Å². The highest BCUT2D eigenvalue weighted by Gasteiger charge is 2.07. The molecule has 0 atom stereocenters. The van der Waals surface area contributed by atoms with E-state index in [1.165, 1.54) is 13.2 Å². The topological polar surface area (TPSA) is 52.3 Å². The Balaban J connectivity index is 0.00000106. The first-order chi connectivity index (χ1) is 7.65. The molecule has 16 heavy (non-hydrogen) atoms. The van der Waals surface area contributed by atoms with Gasteiger partial charge >= 0.3 is 5.97 Å². The van der Waals surface area contributed by atoms with E-state index in [1.807, 2.05) is 13.8 Å². The predicted molar refractivity (Wildman–Crippen MR) is 62.5 cm³/mol. The molecule has 4 heteroatoms. The van der Waals surface area contributed by atoms with Crippen LogP contribution in [0.1, 0.15) is 25.8 Å². The van der Waals surface area contributed by atoms with Crippen molar-refractivity contribution >= 4 is 11.7 Å². The highest BCUT2D eigenvalue weighted by atomic mass is 19.1. The summed E-state index contributed by atoms with van der Waals surface area (Å²) in [5, 5.41) is 0. The maximum absolute atomic E-state index is 13.3. The number of rotatable bonds is 3. The molecule has 0 saturated heterocycles. The first kappa shape index (κ1) is 14.4. The standard InChI is InChI=1S/C10H12FNO2.C2H6/c1-14-9(13)6-5-7-3-2-4-8(12)10(7)11;1-2/h2-4H,5-6,12H2,1H3;1-2H3. The zero-order valence-electron chi connectivity index (χ0n) is 9.92. The van der Waals surface area contributed by atoms with E-state index in [0.29, 0.717) is 12.0 Å². The van der Waals surface area contributed by atoms with E-state index in [9.17, 15) is 9.18 Å². The van der Waals surface area contributed by atoms with Crippen LogP contribution in [0.5, 0.6) is 0 Å². The Labute approximate surface area is 95.4 Å². The number of anilines is 1. The van der Waals surface area contributed by atoms with Crippen molar-refractivity contribution in [2.24, 2.45) is 0 Å². The Morgan fingerprint density at radius 1 is 1.44 bits per heavy atom. The van der Waals surface area contributed by atoms with Gasteiger partial charge in [-0.15, -0.1) is 0 Å². The number of aryl methyl sites for hydroxylation is 1. The summed E-state index contributed by atoms with van der Waals surface area (Å²) < 4.78 is 17.7. The monoisotopic (exact) mass is 227 g/mol. The van der Waals surface area contributed by atoms with Gasteiger partial charge in [-0.3, -0.25) is 4.79 Å². The molecule has 0 bridgehead atoms. The van der Waals surface area contributed by atoms with Gasteiger partial charge in [-0.05, 0) is 18.1 Å². The average molecular weight is 227 g/mol. The first-order valence-corrected chi connectivity index (χ1v) is 5.25. The summed E-state index contributed by atoms with van der Waals surface area (Å²) in [5.41, 5.74) is 5.91. The molecule has 0 saturated carbocycles. The third-order valence-corrected chi connectivity index (χ3v) is 1.93. The second-order valence-electron chi connectivity index (χ2n) is 2.90. The number of nitrogen functional groups attached to an aromatic ring is 1. The molecular weight excluding hydrogens is 209 g/mol. The van der Waals surface area contributed by atoms with Crippen LogP contribution in [0, 0.1) is 5.82 Å². The number of carbonyl (C=O) groups is 1. The molecule has 0 fully saturated rings. The smallest absolute Gasteiger partial charge is 0.305 e. The number of esters is 1. The Kier molecular flexibility index (Phi) is 6.92. The average Bonchev–Trinajstić information content (AvgIpc) is 2.33.